The van der Waals surface area contributed by atoms with Gasteiger partial charge in [-0.3, -0.25) is 4.79 Å². The third-order valence-corrected chi connectivity index (χ3v) is 3.57. The number of alkyl halides is 3. The van der Waals surface area contributed by atoms with Gasteiger partial charge in [0.05, 0.1) is 11.3 Å². The van der Waals surface area contributed by atoms with Crippen molar-refractivity contribution in [3.8, 4) is 5.75 Å². The zero-order chi connectivity index (χ0) is 20.9. The third-order valence-electron chi connectivity index (χ3n) is 3.57. The first-order chi connectivity index (χ1) is 13.0. The number of benzene rings is 2. The third kappa shape index (κ3) is 5.31. The summed E-state index contributed by atoms with van der Waals surface area (Å²) in [5.74, 6) is -1.98. The van der Waals surface area contributed by atoms with Gasteiger partial charge >= 0.3 is 6.18 Å². The Kier molecular flexibility index (Phi) is 6.44. The van der Waals surface area contributed by atoms with Crippen LogP contribution in [0.15, 0.2) is 42.5 Å². The minimum absolute atomic E-state index is 0.200. The van der Waals surface area contributed by atoms with E-state index in [4.69, 9.17) is 9.99 Å². The van der Waals surface area contributed by atoms with Gasteiger partial charge in [-0.15, -0.1) is 4.99 Å². The van der Waals surface area contributed by atoms with E-state index >= 15 is 0 Å². The predicted molar refractivity (Wildman–Crippen MR) is 89.9 cm³/mol. The molecular formula is C17H16F4N2O5. The maximum Gasteiger partial charge on any atom is 0.418 e. The second-order valence-corrected chi connectivity index (χ2v) is 5.90. The molecule has 0 bridgehead atoms. The molecule has 0 radical (unpaired) electrons. The number of carbonyl (C=O) groups is 1. The summed E-state index contributed by atoms with van der Waals surface area (Å²) < 4.78 is 57.8. The number of hydrogen-bond donors (Lipinski definition) is 4. The van der Waals surface area contributed by atoms with Crippen LogP contribution in [0.3, 0.4) is 0 Å². The number of halogens is 4. The maximum absolute atomic E-state index is 13.5. The summed E-state index contributed by atoms with van der Waals surface area (Å²) >= 11 is 0. The van der Waals surface area contributed by atoms with Crippen molar-refractivity contribution in [2.24, 2.45) is 0 Å². The molecule has 0 saturated heterocycles. The minimum atomic E-state index is -4.82. The molecule has 1 atom stereocenters. The van der Waals surface area contributed by atoms with E-state index in [1.807, 2.05) is 0 Å². The van der Waals surface area contributed by atoms with Gasteiger partial charge < -0.3 is 15.2 Å². The highest BCUT2D eigenvalue weighted by Gasteiger charge is 2.35. The highest BCUT2D eigenvalue weighted by molar-refractivity contribution is 5.97. The summed E-state index contributed by atoms with van der Waals surface area (Å²) in [6, 6.07) is 7.88. The van der Waals surface area contributed by atoms with Crippen LogP contribution in [0, 0.1) is 5.82 Å². The SMILES string of the molecule is CC(O)(COc1ccccc1F)C(=O)Nc1ccc(NOO)c(C(F)(F)F)c1. The van der Waals surface area contributed by atoms with Crippen molar-refractivity contribution in [1.82, 2.24) is 0 Å². The van der Waals surface area contributed by atoms with Gasteiger partial charge in [-0.25, -0.2) is 15.1 Å². The molecule has 7 nitrogen and oxygen atoms in total. The van der Waals surface area contributed by atoms with Crippen LogP contribution in [-0.2, 0) is 16.0 Å². The maximum atomic E-state index is 13.5. The fourth-order valence-electron chi connectivity index (χ4n) is 2.11. The van der Waals surface area contributed by atoms with Crippen LogP contribution in [0.4, 0.5) is 28.9 Å². The number of rotatable bonds is 7. The topological polar surface area (TPSA) is 100 Å². The van der Waals surface area contributed by atoms with Crippen LogP contribution >= 0.6 is 0 Å². The molecule has 0 aromatic heterocycles. The van der Waals surface area contributed by atoms with Gasteiger partial charge in [0.25, 0.3) is 5.91 Å². The minimum Gasteiger partial charge on any atom is -0.487 e. The molecule has 11 heteroatoms. The first-order valence-electron chi connectivity index (χ1n) is 7.73. The van der Waals surface area contributed by atoms with E-state index in [0.717, 1.165) is 25.1 Å². The lowest BCUT2D eigenvalue weighted by atomic mass is 10.1. The molecule has 0 aliphatic carbocycles. The molecule has 2 aromatic rings. The molecule has 0 saturated carbocycles. The lowest BCUT2D eigenvalue weighted by Crippen LogP contribution is -2.45. The molecular weight excluding hydrogens is 388 g/mol. The van der Waals surface area contributed by atoms with Crippen molar-refractivity contribution >= 4 is 17.3 Å². The lowest BCUT2D eigenvalue weighted by Gasteiger charge is -2.23. The van der Waals surface area contributed by atoms with Crippen molar-refractivity contribution in [2.75, 3.05) is 17.4 Å². The zero-order valence-electron chi connectivity index (χ0n) is 14.4. The van der Waals surface area contributed by atoms with Gasteiger partial charge in [0.2, 0.25) is 0 Å². The number of ether oxygens (including phenoxy) is 1. The van der Waals surface area contributed by atoms with Gasteiger partial charge in [0.15, 0.2) is 17.2 Å². The van der Waals surface area contributed by atoms with E-state index in [1.165, 1.54) is 18.2 Å². The molecule has 2 aromatic carbocycles. The normalized spacial score (nSPS) is 13.5. The lowest BCUT2D eigenvalue weighted by molar-refractivity contribution is -0.216. The van der Waals surface area contributed by atoms with E-state index < -0.39 is 41.4 Å². The Labute approximate surface area is 156 Å². The Bertz CT molecular complexity index is 843. The average molecular weight is 404 g/mol. The molecule has 0 aliphatic rings. The van der Waals surface area contributed by atoms with E-state index in [0.29, 0.717) is 6.07 Å². The molecule has 2 rings (SSSR count). The summed E-state index contributed by atoms with van der Waals surface area (Å²) in [4.78, 5) is 15.7. The number of para-hydroxylation sites is 1. The van der Waals surface area contributed by atoms with Gasteiger partial charge in [-0.2, -0.15) is 13.2 Å². The quantitative estimate of drug-likeness (QED) is 0.321. The van der Waals surface area contributed by atoms with E-state index in [2.05, 4.69) is 10.3 Å². The van der Waals surface area contributed by atoms with Gasteiger partial charge in [0.1, 0.15) is 6.61 Å². The Morgan fingerprint density at radius 1 is 1.18 bits per heavy atom. The predicted octanol–water partition coefficient (Wildman–Crippen LogP) is 3.43. The van der Waals surface area contributed by atoms with Crippen molar-refractivity contribution in [2.45, 2.75) is 18.7 Å². The van der Waals surface area contributed by atoms with Crippen molar-refractivity contribution in [1.29, 1.82) is 0 Å². The molecule has 1 unspecified atom stereocenters. The number of anilines is 2. The molecule has 4 N–H and O–H groups in total. The molecule has 1 amide bonds. The van der Waals surface area contributed by atoms with Crippen LogP contribution in [-0.4, -0.2) is 28.5 Å². The summed E-state index contributed by atoms with van der Waals surface area (Å²) in [6.45, 7) is 0.410. The first-order valence-corrected chi connectivity index (χ1v) is 7.73. The number of carbonyl (C=O) groups excluding carboxylic acids is 1. The van der Waals surface area contributed by atoms with Gasteiger partial charge in [0, 0.05) is 5.69 Å². The van der Waals surface area contributed by atoms with E-state index in [1.54, 1.807) is 5.48 Å². The molecule has 0 heterocycles. The fourth-order valence-corrected chi connectivity index (χ4v) is 2.11. The molecule has 0 spiro atoms. The largest absolute Gasteiger partial charge is 0.487 e. The average Bonchev–Trinajstić information content (AvgIpc) is 2.61. The van der Waals surface area contributed by atoms with Gasteiger partial charge in [-0.1, -0.05) is 12.1 Å². The molecule has 0 aliphatic heterocycles. The standard InChI is InChI=1S/C17H16F4N2O5/c1-16(25,9-27-14-5-3-2-4-12(14)18)15(24)22-10-6-7-13(23-28-26)11(8-10)17(19,20)21/h2-8,23,25-26H,9H2,1H3,(H,22,24). The number of nitrogens with one attached hydrogen (secondary N) is 2. The molecule has 152 valence electrons. The van der Waals surface area contributed by atoms with E-state index in [-0.39, 0.29) is 11.4 Å². The Hall–Kier alpha value is -2.89. The first kappa shape index (κ1) is 21.4. The highest BCUT2D eigenvalue weighted by atomic mass is 19.4. The summed E-state index contributed by atoms with van der Waals surface area (Å²) in [5.41, 5.74) is -2.63. The van der Waals surface area contributed by atoms with Crippen LogP contribution in [0.5, 0.6) is 5.75 Å². The van der Waals surface area contributed by atoms with Crippen LogP contribution in [0.1, 0.15) is 12.5 Å². The summed E-state index contributed by atoms with van der Waals surface area (Å²) in [6.07, 6.45) is -4.82. The summed E-state index contributed by atoms with van der Waals surface area (Å²) in [7, 11) is 0. The molecule has 0 fully saturated rings. The zero-order valence-corrected chi connectivity index (χ0v) is 14.4. The Balaban J connectivity index is 2.13. The number of hydrogen-bond acceptors (Lipinski definition) is 6. The fraction of sp³-hybridized carbons (Fsp3) is 0.235. The van der Waals surface area contributed by atoms with Crippen LogP contribution in [0.25, 0.3) is 0 Å². The second-order valence-electron chi connectivity index (χ2n) is 5.90. The van der Waals surface area contributed by atoms with Crippen LogP contribution < -0.4 is 15.5 Å². The number of amides is 1. The Morgan fingerprint density at radius 3 is 2.46 bits per heavy atom. The second kappa shape index (κ2) is 8.42. The molecule has 28 heavy (non-hydrogen) atoms. The number of aliphatic hydroxyl groups is 1. The van der Waals surface area contributed by atoms with Crippen molar-refractivity contribution in [3.63, 3.8) is 0 Å². The van der Waals surface area contributed by atoms with Crippen LogP contribution in [0.2, 0.25) is 0 Å². The highest BCUT2D eigenvalue weighted by Crippen LogP contribution is 2.36. The van der Waals surface area contributed by atoms with Crippen molar-refractivity contribution < 1.29 is 42.4 Å². The van der Waals surface area contributed by atoms with Crippen molar-refractivity contribution in [3.05, 3.63) is 53.8 Å². The Morgan fingerprint density at radius 2 is 1.86 bits per heavy atom. The monoisotopic (exact) mass is 404 g/mol. The summed E-state index contributed by atoms with van der Waals surface area (Å²) in [5, 5.41) is 20.6. The smallest absolute Gasteiger partial charge is 0.418 e. The van der Waals surface area contributed by atoms with E-state index in [9.17, 15) is 27.5 Å². The van der Waals surface area contributed by atoms with Gasteiger partial charge in [-0.05, 0) is 37.3 Å².